The molecule has 8 heteroatoms. The number of benzene rings is 4. The molecule has 0 saturated heterocycles. The molecule has 1 amide bonds. The normalized spacial score (nSPS) is 11.3. The number of hydrazone groups is 1. The van der Waals surface area contributed by atoms with Crippen LogP contribution in [0.15, 0.2) is 113 Å². The van der Waals surface area contributed by atoms with Crippen LogP contribution in [0.1, 0.15) is 32.6 Å². The molecule has 0 aromatic heterocycles. The van der Waals surface area contributed by atoms with Gasteiger partial charge in [-0.15, -0.1) is 0 Å². The highest BCUT2D eigenvalue weighted by Crippen LogP contribution is 2.30. The first-order chi connectivity index (χ1) is 17.9. The Morgan fingerprint density at radius 3 is 2.03 bits per heavy atom. The number of amides is 1. The average Bonchev–Trinajstić information content (AvgIpc) is 2.93. The molecule has 0 aliphatic heterocycles. The molecule has 0 fully saturated rings. The molecule has 37 heavy (non-hydrogen) atoms. The molecule has 0 atom stereocenters. The molecule has 0 spiro atoms. The maximum Gasteiger partial charge on any atom is 0.335 e. The Balaban J connectivity index is 1.43. The van der Waals surface area contributed by atoms with Gasteiger partial charge >= 0.3 is 5.97 Å². The maximum absolute atomic E-state index is 13.1. The van der Waals surface area contributed by atoms with Crippen LogP contribution in [0.25, 0.3) is 0 Å². The minimum absolute atomic E-state index is 0.214. The second-order valence-corrected chi connectivity index (χ2v) is 8.98. The van der Waals surface area contributed by atoms with E-state index in [1.165, 1.54) is 18.3 Å². The molecule has 4 aromatic rings. The van der Waals surface area contributed by atoms with Gasteiger partial charge in [-0.2, -0.15) is 5.10 Å². The maximum atomic E-state index is 13.1. The number of nitrogens with zero attached hydrogens (tertiary/aromatic N) is 1. The number of carbonyl (C=O) groups excluding carboxylic acids is 1. The van der Waals surface area contributed by atoms with Crippen molar-refractivity contribution in [3.05, 3.63) is 135 Å². The molecule has 0 radical (unpaired) electrons. The van der Waals surface area contributed by atoms with Crippen LogP contribution in [0, 0.1) is 0 Å². The molecular formula is C29H23BrN2O5. The number of aromatic carboxylic acids is 1. The van der Waals surface area contributed by atoms with E-state index >= 15 is 0 Å². The topological polar surface area (TPSA) is 108 Å². The van der Waals surface area contributed by atoms with Crippen LogP contribution >= 0.6 is 15.9 Å². The second kappa shape index (κ2) is 11.6. The van der Waals surface area contributed by atoms with E-state index in [9.17, 15) is 14.7 Å². The lowest BCUT2D eigenvalue weighted by Gasteiger charge is -2.27. The fourth-order valence-electron chi connectivity index (χ4n) is 3.65. The molecule has 0 heterocycles. The molecule has 4 rings (SSSR count). The van der Waals surface area contributed by atoms with Crippen molar-refractivity contribution < 1.29 is 24.5 Å². The smallest absolute Gasteiger partial charge is 0.335 e. The number of halogens is 1. The molecule has 0 unspecified atom stereocenters. The Hall–Kier alpha value is -4.27. The van der Waals surface area contributed by atoms with E-state index in [1.807, 2.05) is 12.1 Å². The minimum Gasteiger partial charge on any atom is -0.488 e. The van der Waals surface area contributed by atoms with Crippen LogP contribution in [0.4, 0.5) is 0 Å². The highest BCUT2D eigenvalue weighted by atomic mass is 79.9. The summed E-state index contributed by atoms with van der Waals surface area (Å²) in [6.45, 7) is 0.263. The third-order valence-corrected chi connectivity index (χ3v) is 6.26. The van der Waals surface area contributed by atoms with E-state index in [1.54, 1.807) is 78.9 Å². The van der Waals surface area contributed by atoms with Gasteiger partial charge in [0.2, 0.25) is 0 Å². The molecule has 0 aliphatic carbocycles. The minimum atomic E-state index is -1.92. The zero-order chi connectivity index (χ0) is 26.3. The van der Waals surface area contributed by atoms with E-state index in [-0.39, 0.29) is 12.2 Å². The van der Waals surface area contributed by atoms with Gasteiger partial charge in [0.25, 0.3) is 5.91 Å². The molecule has 3 N–H and O–H groups in total. The standard InChI is InChI=1S/C29H23BrN2O5/c30-25-17-21(13-16-26(25)37-19-20-11-14-22(15-12-20)27(33)34)18-31-32-28(35)29(36,23-7-3-1-4-8-23)24-9-5-2-6-10-24/h1-18,36H,19H2,(H,32,35)(H,33,34). The Morgan fingerprint density at radius 1 is 0.892 bits per heavy atom. The van der Waals surface area contributed by atoms with Crippen molar-refractivity contribution in [2.24, 2.45) is 5.10 Å². The monoisotopic (exact) mass is 558 g/mol. The third-order valence-electron chi connectivity index (χ3n) is 5.64. The van der Waals surface area contributed by atoms with Gasteiger partial charge in [0.05, 0.1) is 16.3 Å². The van der Waals surface area contributed by atoms with E-state index in [0.717, 1.165) is 5.56 Å². The van der Waals surface area contributed by atoms with Crippen molar-refractivity contribution >= 4 is 34.0 Å². The van der Waals surface area contributed by atoms with Crippen molar-refractivity contribution in [2.75, 3.05) is 0 Å². The Kier molecular flexibility index (Phi) is 8.12. The summed E-state index contributed by atoms with van der Waals surface area (Å²) in [7, 11) is 0. The number of hydrogen-bond donors (Lipinski definition) is 3. The van der Waals surface area contributed by atoms with Crippen molar-refractivity contribution in [3.8, 4) is 5.75 Å². The van der Waals surface area contributed by atoms with Gasteiger partial charge in [0.1, 0.15) is 12.4 Å². The molecule has 4 aromatic carbocycles. The molecule has 0 saturated carbocycles. The van der Waals surface area contributed by atoms with Gasteiger partial charge in [0.15, 0.2) is 5.60 Å². The molecule has 7 nitrogen and oxygen atoms in total. The number of ether oxygens (including phenoxy) is 1. The lowest BCUT2D eigenvalue weighted by molar-refractivity contribution is -0.136. The quantitative estimate of drug-likeness (QED) is 0.195. The van der Waals surface area contributed by atoms with E-state index in [0.29, 0.717) is 26.9 Å². The zero-order valence-electron chi connectivity index (χ0n) is 19.5. The summed E-state index contributed by atoms with van der Waals surface area (Å²) in [5.74, 6) is -1.08. The summed E-state index contributed by atoms with van der Waals surface area (Å²) in [4.78, 5) is 24.1. The fraction of sp³-hybridized carbons (Fsp3) is 0.0690. The van der Waals surface area contributed by atoms with Crippen molar-refractivity contribution in [1.82, 2.24) is 5.43 Å². The van der Waals surface area contributed by atoms with Crippen molar-refractivity contribution in [2.45, 2.75) is 12.2 Å². The number of nitrogens with one attached hydrogen (secondary N) is 1. The number of carboxylic acid groups (broad SMARTS) is 1. The highest BCUT2D eigenvalue weighted by Gasteiger charge is 2.39. The Bertz CT molecular complexity index is 1370. The first kappa shape index (κ1) is 25.8. The zero-order valence-corrected chi connectivity index (χ0v) is 21.1. The Labute approximate surface area is 222 Å². The number of carboxylic acids is 1. The fourth-order valence-corrected chi connectivity index (χ4v) is 4.16. The van der Waals surface area contributed by atoms with E-state index in [2.05, 4.69) is 26.5 Å². The summed E-state index contributed by atoms with van der Waals surface area (Å²) >= 11 is 3.47. The summed E-state index contributed by atoms with van der Waals surface area (Å²) < 4.78 is 6.50. The summed E-state index contributed by atoms with van der Waals surface area (Å²) in [6.07, 6.45) is 1.47. The summed E-state index contributed by atoms with van der Waals surface area (Å²) in [5.41, 5.74) is 3.12. The number of aliphatic hydroxyl groups is 1. The SMILES string of the molecule is O=C(O)c1ccc(COc2ccc(C=NNC(=O)C(O)(c3ccccc3)c3ccccc3)cc2Br)cc1. The van der Waals surface area contributed by atoms with Crippen LogP contribution in [0.2, 0.25) is 0 Å². The van der Waals surface area contributed by atoms with Crippen molar-refractivity contribution in [1.29, 1.82) is 0 Å². The molecule has 0 aliphatic rings. The lowest BCUT2D eigenvalue weighted by atomic mass is 9.85. The number of rotatable bonds is 9. The average molecular weight is 559 g/mol. The Morgan fingerprint density at radius 2 is 1.49 bits per heavy atom. The van der Waals surface area contributed by atoms with Gasteiger partial charge < -0.3 is 14.9 Å². The van der Waals surface area contributed by atoms with Gasteiger partial charge in [-0.3, -0.25) is 4.79 Å². The first-order valence-electron chi connectivity index (χ1n) is 11.3. The van der Waals surface area contributed by atoms with Crippen LogP contribution in [0.5, 0.6) is 5.75 Å². The highest BCUT2D eigenvalue weighted by molar-refractivity contribution is 9.10. The lowest BCUT2D eigenvalue weighted by Crippen LogP contribution is -2.43. The van der Waals surface area contributed by atoms with Gasteiger partial charge in [-0.1, -0.05) is 72.8 Å². The molecular weight excluding hydrogens is 536 g/mol. The van der Waals surface area contributed by atoms with Gasteiger partial charge in [0, 0.05) is 0 Å². The number of carbonyl (C=O) groups is 2. The predicted molar refractivity (Wildman–Crippen MR) is 143 cm³/mol. The first-order valence-corrected chi connectivity index (χ1v) is 12.1. The van der Waals surface area contributed by atoms with Crippen LogP contribution in [-0.2, 0) is 17.0 Å². The summed E-state index contributed by atoms with van der Waals surface area (Å²) in [6, 6.07) is 29.2. The van der Waals surface area contributed by atoms with Gasteiger partial charge in [-0.05, 0) is 68.5 Å². The number of hydrogen-bond acceptors (Lipinski definition) is 5. The van der Waals surface area contributed by atoms with E-state index < -0.39 is 17.5 Å². The van der Waals surface area contributed by atoms with Gasteiger partial charge in [-0.25, -0.2) is 10.2 Å². The van der Waals surface area contributed by atoms with Crippen LogP contribution < -0.4 is 10.2 Å². The third kappa shape index (κ3) is 6.11. The summed E-state index contributed by atoms with van der Waals surface area (Å²) in [5, 5.41) is 24.5. The largest absolute Gasteiger partial charge is 0.488 e. The molecule has 0 bridgehead atoms. The van der Waals surface area contributed by atoms with Crippen LogP contribution in [-0.4, -0.2) is 28.3 Å². The van der Waals surface area contributed by atoms with Crippen LogP contribution in [0.3, 0.4) is 0 Å². The second-order valence-electron chi connectivity index (χ2n) is 8.12. The predicted octanol–water partition coefficient (Wildman–Crippen LogP) is 5.11. The van der Waals surface area contributed by atoms with Crippen molar-refractivity contribution in [3.63, 3.8) is 0 Å². The molecule has 186 valence electrons. The van der Waals surface area contributed by atoms with E-state index in [4.69, 9.17) is 9.84 Å².